The molecule has 1 aliphatic heterocycles. The fraction of sp³-hybridized carbons (Fsp3) is 0.278. The summed E-state index contributed by atoms with van der Waals surface area (Å²) in [6.07, 6.45) is -6.51. The van der Waals surface area contributed by atoms with Crippen LogP contribution in [0.4, 0.5) is 28.0 Å². The van der Waals surface area contributed by atoms with Gasteiger partial charge in [0.25, 0.3) is 0 Å². The first-order chi connectivity index (χ1) is 13.5. The van der Waals surface area contributed by atoms with Crippen molar-refractivity contribution in [2.75, 3.05) is 11.4 Å². The Labute approximate surface area is 164 Å². The highest BCUT2D eigenvalue weighted by atomic mass is 32.2. The fourth-order valence-electron chi connectivity index (χ4n) is 2.87. The molecule has 11 heteroatoms. The van der Waals surface area contributed by atoms with Crippen LogP contribution in [0.2, 0.25) is 0 Å². The molecule has 1 aliphatic rings. The van der Waals surface area contributed by atoms with Crippen LogP contribution in [0.1, 0.15) is 24.2 Å². The number of carbonyl (C=O) groups excluding carboxylic acids is 1. The summed E-state index contributed by atoms with van der Waals surface area (Å²) in [5.41, 5.74) is 0.828. The first kappa shape index (κ1) is 21.1. The van der Waals surface area contributed by atoms with E-state index >= 15 is 0 Å². The molecule has 2 aromatic carbocycles. The number of halogens is 4. The number of nitrogens with zero attached hydrogens (tertiary/aromatic N) is 1. The Morgan fingerprint density at radius 2 is 1.79 bits per heavy atom. The maximum absolute atomic E-state index is 13.0. The molecule has 0 saturated heterocycles. The van der Waals surface area contributed by atoms with Crippen molar-refractivity contribution in [2.24, 2.45) is 0 Å². The van der Waals surface area contributed by atoms with Gasteiger partial charge in [0.1, 0.15) is 18.5 Å². The second-order valence-corrected chi connectivity index (χ2v) is 8.17. The first-order valence-corrected chi connectivity index (χ1v) is 9.87. The Kier molecular flexibility index (Phi) is 5.54. The number of nitrogens with one attached hydrogen (secondary N) is 1. The summed E-state index contributed by atoms with van der Waals surface area (Å²) in [5, 5.41) is 0. The van der Waals surface area contributed by atoms with Crippen LogP contribution in [0, 0.1) is 5.82 Å². The van der Waals surface area contributed by atoms with Crippen LogP contribution in [0.15, 0.2) is 47.4 Å². The van der Waals surface area contributed by atoms with E-state index in [1.165, 1.54) is 25.1 Å². The van der Waals surface area contributed by atoms with Crippen molar-refractivity contribution in [1.82, 2.24) is 4.72 Å². The molecular formula is C18H16F4N2O4S. The highest BCUT2D eigenvalue weighted by molar-refractivity contribution is 7.89. The summed E-state index contributed by atoms with van der Waals surface area (Å²) in [5.74, 6) is -0.578. The van der Waals surface area contributed by atoms with Crippen molar-refractivity contribution in [3.63, 3.8) is 0 Å². The van der Waals surface area contributed by atoms with Crippen molar-refractivity contribution in [1.29, 1.82) is 0 Å². The molecular weight excluding hydrogens is 416 g/mol. The van der Waals surface area contributed by atoms with Gasteiger partial charge < -0.3 is 4.74 Å². The van der Waals surface area contributed by atoms with Crippen LogP contribution in [0.25, 0.3) is 0 Å². The van der Waals surface area contributed by atoms with Crippen LogP contribution >= 0.6 is 0 Å². The Bertz CT molecular complexity index is 1020. The van der Waals surface area contributed by atoms with Gasteiger partial charge in [0.2, 0.25) is 10.0 Å². The molecule has 0 fully saturated rings. The lowest BCUT2D eigenvalue weighted by atomic mass is 10.0. The molecule has 0 radical (unpaired) electrons. The van der Waals surface area contributed by atoms with Gasteiger partial charge in [0.15, 0.2) is 0 Å². The lowest BCUT2D eigenvalue weighted by Gasteiger charge is -2.33. The third-order valence-corrected chi connectivity index (χ3v) is 5.66. The third kappa shape index (κ3) is 4.85. The van der Waals surface area contributed by atoms with Crippen LogP contribution in [0.5, 0.6) is 0 Å². The summed E-state index contributed by atoms with van der Waals surface area (Å²) in [6, 6.07) is 8.46. The maximum atomic E-state index is 13.0. The van der Waals surface area contributed by atoms with Gasteiger partial charge >= 0.3 is 12.3 Å². The molecule has 0 spiro atoms. The summed E-state index contributed by atoms with van der Waals surface area (Å²) in [4.78, 5) is 12.2. The van der Waals surface area contributed by atoms with E-state index in [1.807, 2.05) is 0 Å². The Morgan fingerprint density at radius 3 is 2.41 bits per heavy atom. The van der Waals surface area contributed by atoms with Gasteiger partial charge in [-0.25, -0.2) is 22.3 Å². The van der Waals surface area contributed by atoms with Gasteiger partial charge in [-0.15, -0.1) is 0 Å². The number of fused-ring (bicyclic) bond motifs is 1. The number of hydrogen-bond donors (Lipinski definition) is 1. The number of ether oxygens (including phenoxy) is 1. The second kappa shape index (κ2) is 7.64. The topological polar surface area (TPSA) is 75.7 Å². The normalized spacial score (nSPS) is 17.1. The van der Waals surface area contributed by atoms with E-state index in [-0.39, 0.29) is 17.1 Å². The number of amides is 1. The fourth-order valence-corrected chi connectivity index (χ4v) is 3.88. The van der Waals surface area contributed by atoms with E-state index in [0.717, 1.165) is 24.3 Å². The van der Waals surface area contributed by atoms with Crippen LogP contribution in [-0.4, -0.2) is 27.2 Å². The number of carbonyl (C=O) groups is 1. The zero-order valence-electron chi connectivity index (χ0n) is 15.0. The largest absolute Gasteiger partial charge is 0.441 e. The number of alkyl halides is 3. The van der Waals surface area contributed by atoms with Crippen molar-refractivity contribution < 1.29 is 35.5 Å². The average Bonchev–Trinajstić information content (AvgIpc) is 2.63. The van der Waals surface area contributed by atoms with Gasteiger partial charge in [-0.2, -0.15) is 13.2 Å². The number of benzene rings is 2. The number of sulfonamides is 1. The monoisotopic (exact) mass is 432 g/mol. The molecule has 1 N–H and O–H groups in total. The summed E-state index contributed by atoms with van der Waals surface area (Å²) in [6.45, 7) is -0.150. The zero-order valence-corrected chi connectivity index (χ0v) is 15.8. The Hall–Kier alpha value is -2.66. The van der Waals surface area contributed by atoms with E-state index in [4.69, 9.17) is 4.74 Å². The second-order valence-electron chi connectivity index (χ2n) is 6.40. The number of rotatable bonds is 5. The smallest absolute Gasteiger partial charge is 0.415 e. The van der Waals surface area contributed by atoms with Gasteiger partial charge in [-0.05, 0) is 48.9 Å². The predicted molar refractivity (Wildman–Crippen MR) is 95.2 cm³/mol. The SMILES string of the molecule is CC1OC(=O)N(CC(F)(F)F)c2ccc(CNS(=O)(=O)c3ccc(F)cc3)cc21. The quantitative estimate of drug-likeness (QED) is 0.728. The lowest BCUT2D eigenvalue weighted by molar-refractivity contribution is -0.119. The van der Waals surface area contributed by atoms with E-state index < -0.39 is 40.8 Å². The van der Waals surface area contributed by atoms with Crippen LogP contribution in [0.3, 0.4) is 0 Å². The highest BCUT2D eigenvalue weighted by Gasteiger charge is 2.39. The van der Waals surface area contributed by atoms with Crippen molar-refractivity contribution in [3.05, 3.63) is 59.4 Å². The van der Waals surface area contributed by atoms with Crippen LogP contribution < -0.4 is 9.62 Å². The molecule has 1 amide bonds. The number of anilines is 1. The standard InChI is InChI=1S/C18H16F4N2O4S/c1-11-15-8-12(9-23-29(26,27)14-5-3-13(19)4-6-14)2-7-16(15)24(17(25)28-11)10-18(20,21)22/h2-8,11,23H,9-10H2,1H3. The zero-order chi connectivity index (χ0) is 21.4. The predicted octanol–water partition coefficient (Wildman–Crippen LogP) is 3.88. The van der Waals surface area contributed by atoms with Crippen molar-refractivity contribution in [3.8, 4) is 0 Å². The Morgan fingerprint density at radius 1 is 1.14 bits per heavy atom. The molecule has 0 saturated carbocycles. The summed E-state index contributed by atoms with van der Waals surface area (Å²) >= 11 is 0. The third-order valence-electron chi connectivity index (χ3n) is 4.25. The summed E-state index contributed by atoms with van der Waals surface area (Å²) < 4.78 is 83.2. The molecule has 29 heavy (non-hydrogen) atoms. The van der Waals surface area contributed by atoms with Gasteiger partial charge in [-0.1, -0.05) is 6.07 Å². The minimum atomic E-state index is -4.61. The molecule has 0 aliphatic carbocycles. The van der Waals surface area contributed by atoms with E-state index in [0.29, 0.717) is 16.0 Å². The van der Waals surface area contributed by atoms with Crippen molar-refractivity contribution >= 4 is 21.8 Å². The van der Waals surface area contributed by atoms with Crippen molar-refractivity contribution in [2.45, 2.75) is 30.6 Å². The molecule has 1 heterocycles. The Balaban J connectivity index is 1.82. The number of cyclic esters (lactones) is 1. The van der Waals surface area contributed by atoms with E-state index in [2.05, 4.69) is 4.72 Å². The first-order valence-electron chi connectivity index (χ1n) is 8.39. The molecule has 0 bridgehead atoms. The lowest BCUT2D eigenvalue weighted by Crippen LogP contribution is -2.43. The molecule has 1 unspecified atom stereocenters. The van der Waals surface area contributed by atoms with Gasteiger partial charge in [0.05, 0.1) is 10.6 Å². The number of hydrogen-bond acceptors (Lipinski definition) is 4. The highest BCUT2D eigenvalue weighted by Crippen LogP contribution is 2.36. The molecule has 1 atom stereocenters. The molecule has 6 nitrogen and oxygen atoms in total. The maximum Gasteiger partial charge on any atom is 0.415 e. The molecule has 156 valence electrons. The van der Waals surface area contributed by atoms with Gasteiger partial charge in [-0.3, -0.25) is 4.90 Å². The molecule has 3 rings (SSSR count). The summed E-state index contributed by atoms with van der Waals surface area (Å²) in [7, 11) is -3.91. The minimum Gasteiger partial charge on any atom is -0.441 e. The van der Waals surface area contributed by atoms with E-state index in [9.17, 15) is 30.8 Å². The minimum absolute atomic E-state index is 0.0521. The molecule has 2 aromatic rings. The van der Waals surface area contributed by atoms with Gasteiger partial charge in [0, 0.05) is 12.1 Å². The molecule has 0 aromatic heterocycles. The van der Waals surface area contributed by atoms with E-state index in [1.54, 1.807) is 0 Å². The average molecular weight is 432 g/mol. The van der Waals surface area contributed by atoms with Crippen LogP contribution in [-0.2, 0) is 21.3 Å².